The molecular formula is C9H11N3O6. The number of hydrogen-bond acceptors (Lipinski definition) is 5. The van der Waals surface area contributed by atoms with Crippen molar-refractivity contribution in [2.24, 2.45) is 0 Å². The highest BCUT2D eigenvalue weighted by molar-refractivity contribution is 5.97. The van der Waals surface area contributed by atoms with Crippen LogP contribution in [0.2, 0.25) is 0 Å². The molecule has 1 aromatic heterocycles. The van der Waals surface area contributed by atoms with Gasteiger partial charge >= 0.3 is 17.9 Å². The molecule has 9 heteroatoms. The first-order chi connectivity index (χ1) is 8.41. The summed E-state index contributed by atoms with van der Waals surface area (Å²) in [5.74, 6) is -4.66. The Morgan fingerprint density at radius 3 is 2.22 bits per heavy atom. The molecule has 0 saturated heterocycles. The van der Waals surface area contributed by atoms with E-state index >= 15 is 0 Å². The molecule has 1 atom stereocenters. The molecular weight excluding hydrogens is 246 g/mol. The van der Waals surface area contributed by atoms with Crippen molar-refractivity contribution in [3.63, 3.8) is 0 Å². The zero-order chi connectivity index (χ0) is 13.7. The van der Waals surface area contributed by atoms with Gasteiger partial charge in [-0.3, -0.25) is 10.1 Å². The third-order valence-electron chi connectivity index (χ3n) is 2.14. The van der Waals surface area contributed by atoms with Crippen molar-refractivity contribution in [2.45, 2.75) is 18.5 Å². The van der Waals surface area contributed by atoms with E-state index in [-0.39, 0.29) is 6.42 Å². The van der Waals surface area contributed by atoms with Crippen LogP contribution in [0.5, 0.6) is 0 Å². The molecule has 1 aromatic rings. The number of H-pyrrole nitrogens is 1. The molecule has 0 aliphatic heterocycles. The molecule has 18 heavy (non-hydrogen) atoms. The van der Waals surface area contributed by atoms with Gasteiger partial charge in [0.1, 0.15) is 6.04 Å². The summed E-state index contributed by atoms with van der Waals surface area (Å²) in [6, 6.07) is -3.32. The monoisotopic (exact) mass is 257 g/mol. The Balaban J connectivity index is 2.76. The van der Waals surface area contributed by atoms with Gasteiger partial charge in [0.15, 0.2) is 0 Å². The van der Waals surface area contributed by atoms with Crippen LogP contribution in [0, 0.1) is 0 Å². The van der Waals surface area contributed by atoms with E-state index in [1.165, 1.54) is 12.5 Å². The molecule has 0 aliphatic rings. The van der Waals surface area contributed by atoms with Gasteiger partial charge in [-0.1, -0.05) is 0 Å². The number of carboxylic acids is 3. The highest BCUT2D eigenvalue weighted by Gasteiger charge is 2.31. The number of rotatable bonds is 7. The van der Waals surface area contributed by atoms with Crippen molar-refractivity contribution in [3.8, 4) is 0 Å². The minimum Gasteiger partial charge on any atom is -0.480 e. The van der Waals surface area contributed by atoms with Crippen LogP contribution in [0.25, 0.3) is 0 Å². The molecule has 9 nitrogen and oxygen atoms in total. The van der Waals surface area contributed by atoms with E-state index in [1.807, 2.05) is 5.32 Å². The van der Waals surface area contributed by atoms with Crippen LogP contribution >= 0.6 is 0 Å². The maximum atomic E-state index is 10.9. The average Bonchev–Trinajstić information content (AvgIpc) is 2.74. The molecule has 0 spiro atoms. The molecule has 98 valence electrons. The standard InChI is InChI=1S/C9H11N3O6/c13-7(14)5(1-4-2-10-3-11-4)12-6(8(15)16)9(17)18/h2-3,5-6,12H,1H2,(H,10,11)(H,13,14)(H,15,16)(H,17,18)/t5-/m0/s1. The Labute approximate surface area is 100 Å². The lowest BCUT2D eigenvalue weighted by atomic mass is 10.1. The molecule has 0 bridgehead atoms. The zero-order valence-electron chi connectivity index (χ0n) is 9.03. The summed E-state index contributed by atoms with van der Waals surface area (Å²) in [6.07, 6.45) is 2.60. The van der Waals surface area contributed by atoms with Gasteiger partial charge in [0.2, 0.25) is 6.04 Å². The topological polar surface area (TPSA) is 153 Å². The molecule has 1 rings (SSSR count). The third kappa shape index (κ3) is 3.56. The lowest BCUT2D eigenvalue weighted by molar-refractivity contribution is -0.152. The summed E-state index contributed by atoms with van der Waals surface area (Å²) in [5, 5.41) is 28.2. The molecule has 0 saturated carbocycles. The zero-order valence-corrected chi connectivity index (χ0v) is 9.03. The van der Waals surface area contributed by atoms with Crippen LogP contribution in [-0.2, 0) is 20.8 Å². The van der Waals surface area contributed by atoms with E-state index in [9.17, 15) is 14.4 Å². The fourth-order valence-corrected chi connectivity index (χ4v) is 1.28. The van der Waals surface area contributed by atoms with Gasteiger partial charge in [0.05, 0.1) is 6.33 Å². The first-order valence-corrected chi connectivity index (χ1v) is 4.83. The van der Waals surface area contributed by atoms with Gasteiger partial charge in [-0.25, -0.2) is 14.6 Å². The fraction of sp³-hybridized carbons (Fsp3) is 0.333. The van der Waals surface area contributed by atoms with Gasteiger partial charge in [0.25, 0.3) is 0 Å². The molecule has 0 radical (unpaired) electrons. The molecule has 1 heterocycles. The van der Waals surface area contributed by atoms with Crippen LogP contribution in [0.3, 0.4) is 0 Å². The maximum Gasteiger partial charge on any atom is 0.332 e. The Kier molecular flexibility index (Phi) is 4.38. The average molecular weight is 257 g/mol. The Morgan fingerprint density at radius 1 is 1.22 bits per heavy atom. The summed E-state index contributed by atoms with van der Waals surface area (Å²) >= 11 is 0. The number of imidazole rings is 1. The van der Waals surface area contributed by atoms with E-state index in [2.05, 4.69) is 9.97 Å². The van der Waals surface area contributed by atoms with E-state index in [1.54, 1.807) is 0 Å². The number of hydrogen-bond donors (Lipinski definition) is 5. The van der Waals surface area contributed by atoms with E-state index in [0.29, 0.717) is 5.69 Å². The number of aromatic nitrogens is 2. The molecule has 0 amide bonds. The number of nitrogens with one attached hydrogen (secondary N) is 2. The smallest absolute Gasteiger partial charge is 0.332 e. The third-order valence-corrected chi connectivity index (χ3v) is 2.14. The van der Waals surface area contributed by atoms with Gasteiger partial charge in [0, 0.05) is 18.3 Å². The predicted octanol–water partition coefficient (Wildman–Crippen LogP) is -1.47. The number of carboxylic acid groups (broad SMARTS) is 3. The molecule has 5 N–H and O–H groups in total. The second kappa shape index (κ2) is 5.77. The molecule has 0 fully saturated rings. The largest absolute Gasteiger partial charge is 0.480 e. The van der Waals surface area contributed by atoms with Crippen LogP contribution < -0.4 is 5.32 Å². The van der Waals surface area contributed by atoms with Crippen LogP contribution in [0.1, 0.15) is 5.69 Å². The van der Waals surface area contributed by atoms with Crippen molar-refractivity contribution >= 4 is 17.9 Å². The Morgan fingerprint density at radius 2 is 1.83 bits per heavy atom. The first-order valence-electron chi connectivity index (χ1n) is 4.83. The van der Waals surface area contributed by atoms with Crippen LogP contribution in [-0.4, -0.2) is 55.3 Å². The Hall–Kier alpha value is -2.42. The van der Waals surface area contributed by atoms with Gasteiger partial charge in [-0.15, -0.1) is 0 Å². The van der Waals surface area contributed by atoms with Gasteiger partial charge < -0.3 is 20.3 Å². The summed E-state index contributed by atoms with van der Waals surface area (Å²) in [7, 11) is 0. The normalized spacial score (nSPS) is 12.3. The summed E-state index contributed by atoms with van der Waals surface area (Å²) in [5.41, 5.74) is 0.449. The van der Waals surface area contributed by atoms with E-state index in [0.717, 1.165) is 0 Å². The number of carbonyl (C=O) groups is 3. The second-order valence-electron chi connectivity index (χ2n) is 3.45. The quantitative estimate of drug-likeness (QED) is 0.371. The van der Waals surface area contributed by atoms with Gasteiger partial charge in [-0.05, 0) is 0 Å². The maximum absolute atomic E-state index is 10.9. The number of aromatic amines is 1. The lowest BCUT2D eigenvalue weighted by Crippen LogP contribution is -2.52. The Bertz CT molecular complexity index is 429. The highest BCUT2D eigenvalue weighted by Crippen LogP contribution is 2.01. The number of nitrogens with zero attached hydrogens (tertiary/aromatic N) is 1. The van der Waals surface area contributed by atoms with E-state index < -0.39 is 30.0 Å². The van der Waals surface area contributed by atoms with Crippen LogP contribution in [0.4, 0.5) is 0 Å². The lowest BCUT2D eigenvalue weighted by Gasteiger charge is -2.16. The van der Waals surface area contributed by atoms with Crippen LogP contribution in [0.15, 0.2) is 12.5 Å². The summed E-state index contributed by atoms with van der Waals surface area (Å²) in [4.78, 5) is 38.5. The number of aliphatic carboxylic acids is 3. The SMILES string of the molecule is O=C(O)C(N[C@@H](Cc1cnc[nH]1)C(=O)O)C(=O)O. The van der Waals surface area contributed by atoms with Crippen molar-refractivity contribution in [3.05, 3.63) is 18.2 Å². The van der Waals surface area contributed by atoms with Crippen molar-refractivity contribution in [1.82, 2.24) is 15.3 Å². The second-order valence-corrected chi connectivity index (χ2v) is 3.45. The minimum atomic E-state index is -1.98. The summed E-state index contributed by atoms with van der Waals surface area (Å²) < 4.78 is 0. The predicted molar refractivity (Wildman–Crippen MR) is 55.9 cm³/mol. The molecule has 0 aromatic carbocycles. The first kappa shape index (κ1) is 13.6. The molecule has 0 aliphatic carbocycles. The highest BCUT2D eigenvalue weighted by atomic mass is 16.4. The minimum absolute atomic E-state index is 0.105. The van der Waals surface area contributed by atoms with Crippen molar-refractivity contribution < 1.29 is 29.7 Å². The van der Waals surface area contributed by atoms with E-state index in [4.69, 9.17) is 15.3 Å². The fourth-order valence-electron chi connectivity index (χ4n) is 1.28. The van der Waals surface area contributed by atoms with Crippen molar-refractivity contribution in [1.29, 1.82) is 0 Å². The van der Waals surface area contributed by atoms with Gasteiger partial charge in [-0.2, -0.15) is 0 Å². The van der Waals surface area contributed by atoms with Crippen molar-refractivity contribution in [2.75, 3.05) is 0 Å². The molecule has 0 unspecified atom stereocenters. The summed E-state index contributed by atoms with van der Waals surface area (Å²) in [6.45, 7) is 0.